The highest BCUT2D eigenvalue weighted by molar-refractivity contribution is 6.30. The number of carbonyl (C=O) groups excluding carboxylic acids is 1. The highest BCUT2D eigenvalue weighted by Crippen LogP contribution is 2.34. The van der Waals surface area contributed by atoms with E-state index in [9.17, 15) is 4.79 Å². The van der Waals surface area contributed by atoms with E-state index >= 15 is 0 Å². The van der Waals surface area contributed by atoms with E-state index in [0.29, 0.717) is 10.6 Å². The summed E-state index contributed by atoms with van der Waals surface area (Å²) >= 11 is 6.05. The minimum Gasteiger partial charge on any atom is -0.366 e. The van der Waals surface area contributed by atoms with Crippen LogP contribution < -0.4 is 5.73 Å². The molecule has 1 heterocycles. The molecule has 0 aliphatic heterocycles. The second-order valence-corrected chi connectivity index (χ2v) is 7.05. The molecule has 2 N–H and O–H groups in total. The van der Waals surface area contributed by atoms with E-state index in [1.165, 1.54) is 18.5 Å². The Morgan fingerprint density at radius 2 is 1.72 bits per heavy atom. The monoisotopic (exact) mass is 360 g/mol. The van der Waals surface area contributed by atoms with Gasteiger partial charge in [0.2, 0.25) is 0 Å². The summed E-state index contributed by atoms with van der Waals surface area (Å²) in [5.74, 6) is -0.352. The molecule has 0 spiro atoms. The number of carbonyl (C=O) groups is 1. The topological polar surface area (TPSA) is 48.0 Å². The van der Waals surface area contributed by atoms with E-state index in [-0.39, 0.29) is 5.91 Å². The minimum atomic E-state index is -0.352. The van der Waals surface area contributed by atoms with E-state index in [1.807, 2.05) is 31.2 Å². The second-order valence-electron chi connectivity index (χ2n) is 6.62. The van der Waals surface area contributed by atoms with Crippen LogP contribution in [0, 0.1) is 6.92 Å². The lowest BCUT2D eigenvalue weighted by Crippen LogP contribution is -2.13. The third-order valence-corrected chi connectivity index (χ3v) is 5.01. The number of hydrogen-bond acceptors (Lipinski definition) is 1. The van der Waals surface area contributed by atoms with Crippen molar-refractivity contribution in [2.24, 2.45) is 5.73 Å². The first kappa shape index (κ1) is 19.6. The first-order chi connectivity index (χ1) is 12.0. The molecule has 4 heteroatoms. The van der Waals surface area contributed by atoms with Crippen LogP contribution in [0.4, 0.5) is 0 Å². The van der Waals surface area contributed by atoms with Crippen LogP contribution in [0.25, 0.3) is 11.1 Å². The van der Waals surface area contributed by atoms with Crippen LogP contribution >= 0.6 is 11.6 Å². The lowest BCUT2D eigenvalue weighted by Gasteiger charge is -2.13. The lowest BCUT2D eigenvalue weighted by molar-refractivity contribution is 0.1000. The molecule has 3 nitrogen and oxygen atoms in total. The number of halogens is 1. The average molecular weight is 361 g/mol. The van der Waals surface area contributed by atoms with Gasteiger partial charge < -0.3 is 10.3 Å². The van der Waals surface area contributed by atoms with Crippen molar-refractivity contribution in [1.82, 2.24) is 4.57 Å². The van der Waals surface area contributed by atoms with Gasteiger partial charge in [-0.05, 0) is 43.9 Å². The molecule has 0 aliphatic carbocycles. The molecule has 0 atom stereocenters. The molecule has 1 aromatic carbocycles. The Bertz CT molecular complexity index is 716. The molecule has 0 fully saturated rings. The summed E-state index contributed by atoms with van der Waals surface area (Å²) in [7, 11) is 0. The smallest absolute Gasteiger partial charge is 0.251 e. The van der Waals surface area contributed by atoms with Gasteiger partial charge in [-0.1, -0.05) is 56.8 Å². The Morgan fingerprint density at radius 3 is 2.28 bits per heavy atom. The van der Waals surface area contributed by atoms with Crippen LogP contribution in [-0.4, -0.2) is 10.5 Å². The van der Waals surface area contributed by atoms with Crippen LogP contribution in [0.15, 0.2) is 24.3 Å². The fraction of sp³-hybridized carbons (Fsp3) is 0.476. The molecule has 0 radical (unpaired) electrons. The molecule has 1 aromatic heterocycles. The third kappa shape index (κ3) is 4.46. The number of nitrogens with zero attached hydrogens (tertiary/aromatic N) is 1. The first-order valence-corrected chi connectivity index (χ1v) is 9.66. The maximum atomic E-state index is 12.2. The number of amides is 1. The molecule has 0 unspecified atom stereocenters. The van der Waals surface area contributed by atoms with Gasteiger partial charge in [-0.3, -0.25) is 4.79 Å². The van der Waals surface area contributed by atoms with Crippen molar-refractivity contribution in [1.29, 1.82) is 0 Å². The summed E-state index contributed by atoms with van der Waals surface area (Å²) < 4.78 is 2.31. The molecule has 2 aromatic rings. The SMILES string of the molecule is CCCCCc1c(-c2ccc(Cl)cc2)c(C(N)=O)c(C)n1CCCC. The maximum Gasteiger partial charge on any atom is 0.251 e. The number of rotatable bonds is 9. The van der Waals surface area contributed by atoms with Crippen molar-refractivity contribution in [2.45, 2.75) is 65.8 Å². The number of benzene rings is 1. The van der Waals surface area contributed by atoms with E-state index in [2.05, 4.69) is 18.4 Å². The number of nitrogens with two attached hydrogens (primary N) is 1. The van der Waals surface area contributed by atoms with Crippen molar-refractivity contribution in [2.75, 3.05) is 0 Å². The molecular formula is C21H29ClN2O. The Morgan fingerprint density at radius 1 is 1.08 bits per heavy atom. The van der Waals surface area contributed by atoms with Gasteiger partial charge in [0.1, 0.15) is 0 Å². The highest BCUT2D eigenvalue weighted by Gasteiger charge is 2.24. The highest BCUT2D eigenvalue weighted by atomic mass is 35.5. The van der Waals surface area contributed by atoms with Gasteiger partial charge >= 0.3 is 0 Å². The summed E-state index contributed by atoms with van der Waals surface area (Å²) in [6, 6.07) is 7.71. The summed E-state index contributed by atoms with van der Waals surface area (Å²) in [6.07, 6.45) is 6.65. The van der Waals surface area contributed by atoms with Crippen LogP contribution in [0.2, 0.25) is 5.02 Å². The van der Waals surface area contributed by atoms with Crippen molar-refractivity contribution in [3.8, 4) is 11.1 Å². The lowest BCUT2D eigenvalue weighted by atomic mass is 9.97. The van der Waals surface area contributed by atoms with Gasteiger partial charge in [0.25, 0.3) is 5.91 Å². The zero-order valence-electron chi connectivity index (χ0n) is 15.6. The number of primary amides is 1. The van der Waals surface area contributed by atoms with E-state index in [4.69, 9.17) is 17.3 Å². The van der Waals surface area contributed by atoms with Gasteiger partial charge in [-0.25, -0.2) is 0 Å². The predicted octanol–water partition coefficient (Wildman–Crippen LogP) is 5.75. The summed E-state index contributed by atoms with van der Waals surface area (Å²) in [5.41, 5.74) is 10.7. The van der Waals surface area contributed by atoms with E-state index in [1.54, 1.807) is 0 Å². The van der Waals surface area contributed by atoms with Crippen LogP contribution in [0.3, 0.4) is 0 Å². The van der Waals surface area contributed by atoms with Gasteiger partial charge in [0.15, 0.2) is 0 Å². The Hall–Kier alpha value is -1.74. The molecular weight excluding hydrogens is 332 g/mol. The molecule has 2 rings (SSSR count). The zero-order valence-corrected chi connectivity index (χ0v) is 16.3. The van der Waals surface area contributed by atoms with Crippen molar-refractivity contribution < 1.29 is 4.79 Å². The molecule has 136 valence electrons. The summed E-state index contributed by atoms with van der Waals surface area (Å²) in [6.45, 7) is 7.33. The molecule has 0 aliphatic rings. The zero-order chi connectivity index (χ0) is 18.4. The Labute approximate surface area is 156 Å². The minimum absolute atomic E-state index is 0.352. The number of unbranched alkanes of at least 4 members (excludes halogenated alkanes) is 3. The molecule has 0 saturated carbocycles. The number of aromatic nitrogens is 1. The van der Waals surface area contributed by atoms with Crippen molar-refractivity contribution in [3.63, 3.8) is 0 Å². The van der Waals surface area contributed by atoms with Gasteiger partial charge in [0.05, 0.1) is 5.56 Å². The fourth-order valence-electron chi connectivity index (χ4n) is 3.45. The van der Waals surface area contributed by atoms with Crippen molar-refractivity contribution >= 4 is 17.5 Å². The molecule has 25 heavy (non-hydrogen) atoms. The fourth-order valence-corrected chi connectivity index (χ4v) is 3.57. The van der Waals surface area contributed by atoms with Gasteiger partial charge in [-0.2, -0.15) is 0 Å². The second kappa shape index (κ2) is 9.10. The molecule has 0 saturated heterocycles. The van der Waals surface area contributed by atoms with Crippen LogP contribution in [-0.2, 0) is 13.0 Å². The largest absolute Gasteiger partial charge is 0.366 e. The normalized spacial score (nSPS) is 11.0. The average Bonchev–Trinajstić information content (AvgIpc) is 2.86. The summed E-state index contributed by atoms with van der Waals surface area (Å²) in [5, 5.41) is 0.694. The van der Waals surface area contributed by atoms with Gasteiger partial charge in [-0.15, -0.1) is 0 Å². The third-order valence-electron chi connectivity index (χ3n) is 4.76. The van der Waals surface area contributed by atoms with E-state index in [0.717, 1.165) is 49.0 Å². The van der Waals surface area contributed by atoms with Crippen LogP contribution in [0.1, 0.15) is 67.7 Å². The van der Waals surface area contributed by atoms with Crippen LogP contribution in [0.5, 0.6) is 0 Å². The summed E-state index contributed by atoms with van der Waals surface area (Å²) in [4.78, 5) is 12.2. The molecule has 1 amide bonds. The predicted molar refractivity (Wildman–Crippen MR) is 106 cm³/mol. The first-order valence-electron chi connectivity index (χ1n) is 9.28. The standard InChI is InChI=1S/C21H29ClN2O/c1-4-6-8-9-18-20(16-10-12-17(22)13-11-16)19(21(23)25)15(3)24(18)14-7-5-2/h10-13H,4-9,14H2,1-3H3,(H2,23,25). The number of hydrogen-bond donors (Lipinski definition) is 1. The molecule has 0 bridgehead atoms. The maximum absolute atomic E-state index is 12.2. The van der Waals surface area contributed by atoms with Crippen molar-refractivity contribution in [3.05, 3.63) is 46.2 Å². The Balaban J connectivity index is 2.62. The van der Waals surface area contributed by atoms with E-state index < -0.39 is 0 Å². The quantitative estimate of drug-likeness (QED) is 0.568. The van der Waals surface area contributed by atoms with Gasteiger partial charge in [0, 0.05) is 28.5 Å². The Kier molecular flexibility index (Phi) is 7.12.